The van der Waals surface area contributed by atoms with E-state index in [1.165, 1.54) is 16.7 Å². The van der Waals surface area contributed by atoms with Crippen LogP contribution in [-0.2, 0) is 4.79 Å². The average Bonchev–Trinajstić information content (AvgIpc) is 3.18. The average molecular weight is 489 g/mol. The van der Waals surface area contributed by atoms with Gasteiger partial charge in [-0.25, -0.2) is 0 Å². The van der Waals surface area contributed by atoms with Gasteiger partial charge in [0.05, 0.1) is 27.7 Å². The van der Waals surface area contributed by atoms with Gasteiger partial charge in [-0.05, 0) is 74.0 Å². The second-order valence-corrected chi connectivity index (χ2v) is 9.47. The zero-order chi connectivity index (χ0) is 22.3. The highest BCUT2D eigenvalue weighted by atomic mass is 35.5. The van der Waals surface area contributed by atoms with Gasteiger partial charge in [0.25, 0.3) is 5.91 Å². The normalized spacial score (nSPS) is 15.3. The molecule has 31 heavy (non-hydrogen) atoms. The van der Waals surface area contributed by atoms with Crippen molar-refractivity contribution < 1.29 is 9.53 Å². The van der Waals surface area contributed by atoms with Crippen LogP contribution in [0.25, 0.3) is 11.8 Å². The Bertz CT molecular complexity index is 1230. The van der Waals surface area contributed by atoms with Crippen molar-refractivity contribution in [2.75, 3.05) is 12.0 Å². The summed E-state index contributed by atoms with van der Waals surface area (Å²) in [5.41, 5.74) is 4.68. The number of carbonyl (C=O) groups excluding carboxylic acids is 1. The van der Waals surface area contributed by atoms with Crippen molar-refractivity contribution in [3.05, 3.63) is 80.4 Å². The summed E-state index contributed by atoms with van der Waals surface area (Å²) in [4.78, 5) is 15.2. The highest BCUT2D eigenvalue weighted by Crippen LogP contribution is 2.38. The van der Waals surface area contributed by atoms with Gasteiger partial charge in [-0.15, -0.1) is 0 Å². The van der Waals surface area contributed by atoms with Crippen LogP contribution in [0.1, 0.15) is 17.0 Å². The summed E-state index contributed by atoms with van der Waals surface area (Å²) in [7, 11) is 1.65. The largest absolute Gasteiger partial charge is 0.497 e. The standard InChI is InChI=1S/C23H18Cl2N2O2S2/c1-13-10-15(14(2)26(13)16-4-7-18(29-3)8-5-16)11-21-22(28)27(23(30)31-21)17-6-9-19(24)20(25)12-17/h4-12H,1-3H3. The molecular weight excluding hydrogens is 471 g/mol. The Morgan fingerprint density at radius 1 is 1.00 bits per heavy atom. The fraction of sp³-hybridized carbons (Fsp3) is 0.130. The van der Waals surface area contributed by atoms with Crippen molar-refractivity contribution >= 4 is 69.2 Å². The van der Waals surface area contributed by atoms with Gasteiger partial charge >= 0.3 is 0 Å². The lowest BCUT2D eigenvalue weighted by Crippen LogP contribution is -2.27. The first-order valence-corrected chi connectivity index (χ1v) is 11.3. The number of aromatic nitrogens is 1. The number of halogens is 2. The lowest BCUT2D eigenvalue weighted by Gasteiger charge is -2.15. The number of methoxy groups -OCH3 is 1. The maximum Gasteiger partial charge on any atom is 0.270 e. The van der Waals surface area contributed by atoms with E-state index in [1.54, 1.807) is 25.3 Å². The Labute approximate surface area is 200 Å². The number of benzene rings is 2. The molecule has 1 amide bonds. The van der Waals surface area contributed by atoms with Gasteiger partial charge in [0, 0.05) is 17.1 Å². The number of ether oxygens (including phenoxy) is 1. The van der Waals surface area contributed by atoms with E-state index in [1.807, 2.05) is 44.2 Å². The van der Waals surface area contributed by atoms with Crippen LogP contribution in [-0.4, -0.2) is 21.9 Å². The van der Waals surface area contributed by atoms with Crippen LogP contribution < -0.4 is 9.64 Å². The first kappa shape index (κ1) is 22.0. The third-order valence-electron chi connectivity index (χ3n) is 5.04. The third kappa shape index (κ3) is 4.13. The number of aryl methyl sites for hydroxylation is 1. The molecule has 0 N–H and O–H groups in total. The predicted octanol–water partition coefficient (Wildman–Crippen LogP) is 6.82. The molecule has 0 spiro atoms. The molecule has 0 saturated carbocycles. The molecule has 8 heteroatoms. The van der Waals surface area contributed by atoms with E-state index in [4.69, 9.17) is 40.2 Å². The third-order valence-corrected chi connectivity index (χ3v) is 7.08. The van der Waals surface area contributed by atoms with Crippen LogP contribution in [0.3, 0.4) is 0 Å². The molecule has 1 fully saturated rings. The number of thiocarbonyl (C=S) groups is 1. The van der Waals surface area contributed by atoms with Gasteiger partial charge in [-0.3, -0.25) is 9.69 Å². The van der Waals surface area contributed by atoms with Crippen molar-refractivity contribution in [1.29, 1.82) is 0 Å². The summed E-state index contributed by atoms with van der Waals surface area (Å²) in [6.45, 7) is 4.07. The summed E-state index contributed by atoms with van der Waals surface area (Å²) in [6, 6.07) is 15.0. The molecule has 158 valence electrons. The number of rotatable bonds is 4. The highest BCUT2D eigenvalue weighted by molar-refractivity contribution is 8.27. The summed E-state index contributed by atoms with van der Waals surface area (Å²) in [5.74, 6) is 0.625. The molecule has 0 aliphatic carbocycles. The van der Waals surface area contributed by atoms with E-state index in [0.29, 0.717) is 25.0 Å². The lowest BCUT2D eigenvalue weighted by atomic mass is 10.2. The van der Waals surface area contributed by atoms with Crippen molar-refractivity contribution in [2.45, 2.75) is 13.8 Å². The minimum atomic E-state index is -0.178. The lowest BCUT2D eigenvalue weighted by molar-refractivity contribution is -0.113. The Balaban J connectivity index is 1.68. The van der Waals surface area contributed by atoms with Crippen LogP contribution in [0.4, 0.5) is 5.69 Å². The molecular formula is C23H18Cl2N2O2S2. The molecule has 1 aliphatic heterocycles. The zero-order valence-corrected chi connectivity index (χ0v) is 20.1. The highest BCUT2D eigenvalue weighted by Gasteiger charge is 2.33. The summed E-state index contributed by atoms with van der Waals surface area (Å²) >= 11 is 18.9. The molecule has 3 aromatic rings. The van der Waals surface area contributed by atoms with E-state index in [-0.39, 0.29) is 5.91 Å². The first-order chi connectivity index (χ1) is 14.8. The molecule has 0 bridgehead atoms. The smallest absolute Gasteiger partial charge is 0.270 e. The van der Waals surface area contributed by atoms with Gasteiger partial charge in [0.15, 0.2) is 4.32 Å². The number of nitrogens with zero attached hydrogens (tertiary/aromatic N) is 2. The van der Waals surface area contributed by atoms with Crippen molar-refractivity contribution in [3.63, 3.8) is 0 Å². The monoisotopic (exact) mass is 488 g/mol. The number of amides is 1. The Hall–Kier alpha value is -2.25. The number of thioether (sulfide) groups is 1. The van der Waals surface area contributed by atoms with Gasteiger partial charge in [0.1, 0.15) is 5.75 Å². The topological polar surface area (TPSA) is 34.5 Å². The van der Waals surface area contributed by atoms with Crippen molar-refractivity contribution in [3.8, 4) is 11.4 Å². The quantitative estimate of drug-likeness (QED) is 0.298. The zero-order valence-electron chi connectivity index (χ0n) is 17.0. The van der Waals surface area contributed by atoms with Gasteiger partial charge in [-0.1, -0.05) is 47.2 Å². The maximum absolute atomic E-state index is 13.1. The van der Waals surface area contributed by atoms with E-state index in [2.05, 4.69) is 10.6 Å². The fourth-order valence-electron chi connectivity index (χ4n) is 3.52. The molecule has 2 heterocycles. The molecule has 1 saturated heterocycles. The molecule has 4 rings (SSSR count). The van der Waals surface area contributed by atoms with E-state index in [0.717, 1.165) is 28.4 Å². The van der Waals surface area contributed by atoms with Gasteiger partial charge in [-0.2, -0.15) is 0 Å². The summed E-state index contributed by atoms with van der Waals surface area (Å²) in [6.07, 6.45) is 1.89. The van der Waals surface area contributed by atoms with E-state index < -0.39 is 0 Å². The van der Waals surface area contributed by atoms with E-state index in [9.17, 15) is 4.79 Å². The van der Waals surface area contributed by atoms with Crippen molar-refractivity contribution in [2.24, 2.45) is 0 Å². The van der Waals surface area contributed by atoms with Crippen LogP contribution in [0.5, 0.6) is 5.75 Å². The Morgan fingerprint density at radius 2 is 1.68 bits per heavy atom. The van der Waals surface area contributed by atoms with Crippen molar-refractivity contribution in [1.82, 2.24) is 4.57 Å². The molecule has 0 unspecified atom stereocenters. The first-order valence-electron chi connectivity index (χ1n) is 9.36. The number of hydrogen-bond acceptors (Lipinski definition) is 4. The van der Waals surface area contributed by atoms with Crippen LogP contribution >= 0.6 is 47.2 Å². The molecule has 0 radical (unpaired) electrons. The van der Waals surface area contributed by atoms with Gasteiger partial charge in [0.2, 0.25) is 0 Å². The second-order valence-electron chi connectivity index (χ2n) is 6.98. The number of carbonyl (C=O) groups is 1. The fourth-order valence-corrected chi connectivity index (χ4v) is 5.10. The second kappa shape index (κ2) is 8.71. The maximum atomic E-state index is 13.1. The Kier molecular flexibility index (Phi) is 6.17. The molecule has 1 aromatic heterocycles. The summed E-state index contributed by atoms with van der Waals surface area (Å²) < 4.78 is 7.85. The predicted molar refractivity (Wildman–Crippen MR) is 134 cm³/mol. The number of hydrogen-bond donors (Lipinski definition) is 0. The number of anilines is 1. The summed E-state index contributed by atoms with van der Waals surface area (Å²) in [5, 5.41) is 0.803. The van der Waals surface area contributed by atoms with Crippen LogP contribution in [0.15, 0.2) is 53.4 Å². The van der Waals surface area contributed by atoms with Crippen LogP contribution in [0, 0.1) is 13.8 Å². The Morgan fingerprint density at radius 3 is 2.32 bits per heavy atom. The molecule has 1 aliphatic rings. The van der Waals surface area contributed by atoms with E-state index >= 15 is 0 Å². The minimum absolute atomic E-state index is 0.178. The van der Waals surface area contributed by atoms with Crippen LogP contribution in [0.2, 0.25) is 10.0 Å². The molecule has 0 atom stereocenters. The SMILES string of the molecule is COc1ccc(-n2c(C)cc(C=C3SC(=S)N(c4ccc(Cl)c(Cl)c4)C3=O)c2C)cc1. The molecule has 2 aromatic carbocycles. The molecule has 4 nitrogen and oxygen atoms in total. The van der Waals surface area contributed by atoms with Gasteiger partial charge < -0.3 is 9.30 Å². The minimum Gasteiger partial charge on any atom is -0.497 e.